The van der Waals surface area contributed by atoms with E-state index < -0.39 is 0 Å². The molecular weight excluding hydrogens is 274 g/mol. The van der Waals surface area contributed by atoms with Crippen molar-refractivity contribution < 1.29 is 4.74 Å². The summed E-state index contributed by atoms with van der Waals surface area (Å²) in [6.45, 7) is 2.51. The molecule has 5 heteroatoms. The molecule has 0 aliphatic rings. The van der Waals surface area contributed by atoms with Crippen LogP contribution in [0.5, 0.6) is 5.75 Å². The van der Waals surface area contributed by atoms with E-state index in [9.17, 15) is 0 Å². The molecule has 1 aromatic carbocycles. The van der Waals surface area contributed by atoms with Gasteiger partial charge in [-0.15, -0.1) is 0 Å². The van der Waals surface area contributed by atoms with E-state index in [0.717, 1.165) is 22.3 Å². The molecule has 0 unspecified atom stereocenters. The van der Waals surface area contributed by atoms with E-state index in [1.165, 1.54) is 6.33 Å². The van der Waals surface area contributed by atoms with Crippen molar-refractivity contribution in [2.24, 2.45) is 0 Å². The molecule has 3 rings (SSSR count). The zero-order valence-corrected chi connectivity index (χ0v) is 11.6. The van der Waals surface area contributed by atoms with Gasteiger partial charge in [0.2, 0.25) is 0 Å². The minimum absolute atomic E-state index is 0.579. The highest BCUT2D eigenvalue weighted by atomic mass is 35.5. The van der Waals surface area contributed by atoms with Crippen molar-refractivity contribution in [2.45, 2.75) is 6.92 Å². The van der Waals surface area contributed by atoms with Gasteiger partial charge in [0, 0.05) is 5.56 Å². The predicted octanol–water partition coefficient (Wildman–Crippen LogP) is 3.74. The SMILES string of the molecule is CCOc1ccc(-c2ccc3ncncc3n2)cc1Cl. The van der Waals surface area contributed by atoms with Gasteiger partial charge in [0.05, 0.1) is 29.0 Å². The predicted molar refractivity (Wildman–Crippen MR) is 78.9 cm³/mol. The second-order valence-corrected chi connectivity index (χ2v) is 4.61. The van der Waals surface area contributed by atoms with Crippen molar-refractivity contribution in [2.75, 3.05) is 6.61 Å². The van der Waals surface area contributed by atoms with Crippen molar-refractivity contribution in [3.05, 3.63) is 47.9 Å². The van der Waals surface area contributed by atoms with E-state index in [-0.39, 0.29) is 0 Å². The van der Waals surface area contributed by atoms with Crippen LogP contribution in [0.4, 0.5) is 0 Å². The fourth-order valence-electron chi connectivity index (χ4n) is 1.96. The summed E-state index contributed by atoms with van der Waals surface area (Å²) < 4.78 is 5.43. The molecule has 0 amide bonds. The van der Waals surface area contributed by atoms with Crippen molar-refractivity contribution in [1.82, 2.24) is 15.0 Å². The van der Waals surface area contributed by atoms with Crippen LogP contribution < -0.4 is 4.74 Å². The second-order valence-electron chi connectivity index (χ2n) is 4.20. The van der Waals surface area contributed by atoms with E-state index in [0.29, 0.717) is 17.4 Å². The first-order valence-corrected chi connectivity index (χ1v) is 6.65. The molecule has 0 N–H and O–H groups in total. The largest absolute Gasteiger partial charge is 0.492 e. The lowest BCUT2D eigenvalue weighted by molar-refractivity contribution is 0.340. The third-order valence-corrected chi connectivity index (χ3v) is 3.19. The van der Waals surface area contributed by atoms with Crippen LogP contribution in [-0.4, -0.2) is 21.6 Å². The van der Waals surface area contributed by atoms with E-state index in [4.69, 9.17) is 16.3 Å². The Labute approximate surface area is 121 Å². The molecule has 0 aliphatic heterocycles. The normalized spacial score (nSPS) is 10.7. The first-order chi connectivity index (χ1) is 9.78. The Hall–Kier alpha value is -2.20. The summed E-state index contributed by atoms with van der Waals surface area (Å²) in [6.07, 6.45) is 3.21. The van der Waals surface area contributed by atoms with Crippen molar-refractivity contribution in [1.29, 1.82) is 0 Å². The molecule has 0 spiro atoms. The Morgan fingerprint density at radius 2 is 2.05 bits per heavy atom. The number of halogens is 1. The van der Waals surface area contributed by atoms with Crippen LogP contribution in [-0.2, 0) is 0 Å². The maximum Gasteiger partial charge on any atom is 0.137 e. The average Bonchev–Trinajstić information content (AvgIpc) is 2.49. The zero-order valence-electron chi connectivity index (χ0n) is 10.9. The first-order valence-electron chi connectivity index (χ1n) is 6.27. The van der Waals surface area contributed by atoms with Crippen LogP contribution >= 0.6 is 11.6 Å². The van der Waals surface area contributed by atoms with Gasteiger partial charge in [0.25, 0.3) is 0 Å². The highest BCUT2D eigenvalue weighted by molar-refractivity contribution is 6.32. The van der Waals surface area contributed by atoms with Crippen LogP contribution in [0.2, 0.25) is 5.02 Å². The number of ether oxygens (including phenoxy) is 1. The Balaban J connectivity index is 2.04. The third-order valence-electron chi connectivity index (χ3n) is 2.89. The molecule has 0 saturated heterocycles. The molecule has 0 radical (unpaired) electrons. The van der Waals surface area contributed by atoms with E-state index in [1.54, 1.807) is 6.20 Å². The van der Waals surface area contributed by atoms with Gasteiger partial charge in [-0.1, -0.05) is 11.6 Å². The fourth-order valence-corrected chi connectivity index (χ4v) is 2.20. The molecule has 2 aromatic heterocycles. The minimum atomic E-state index is 0.579. The number of nitrogens with zero attached hydrogens (tertiary/aromatic N) is 3. The molecule has 0 bridgehead atoms. The molecule has 4 nitrogen and oxygen atoms in total. The van der Waals surface area contributed by atoms with Gasteiger partial charge in [0.15, 0.2) is 0 Å². The smallest absolute Gasteiger partial charge is 0.137 e. The second kappa shape index (κ2) is 5.43. The average molecular weight is 286 g/mol. The summed E-state index contributed by atoms with van der Waals surface area (Å²) in [5.41, 5.74) is 3.34. The number of hydrogen-bond acceptors (Lipinski definition) is 4. The maximum absolute atomic E-state index is 6.20. The Morgan fingerprint density at radius 3 is 2.85 bits per heavy atom. The molecule has 100 valence electrons. The van der Waals surface area contributed by atoms with Crippen molar-refractivity contribution in [3.63, 3.8) is 0 Å². The number of rotatable bonds is 3. The van der Waals surface area contributed by atoms with Crippen LogP contribution in [0, 0.1) is 0 Å². The van der Waals surface area contributed by atoms with Gasteiger partial charge < -0.3 is 4.74 Å². The quantitative estimate of drug-likeness (QED) is 0.735. The van der Waals surface area contributed by atoms with Crippen LogP contribution in [0.3, 0.4) is 0 Å². The fraction of sp³-hybridized carbons (Fsp3) is 0.133. The minimum Gasteiger partial charge on any atom is -0.492 e. The summed E-state index contributed by atoms with van der Waals surface area (Å²) in [5, 5.41) is 0.579. The van der Waals surface area contributed by atoms with Crippen molar-refractivity contribution in [3.8, 4) is 17.0 Å². The topological polar surface area (TPSA) is 47.9 Å². The van der Waals surface area contributed by atoms with E-state index in [2.05, 4.69) is 15.0 Å². The van der Waals surface area contributed by atoms with Crippen molar-refractivity contribution >= 4 is 22.6 Å². The first kappa shape index (κ1) is 12.8. The van der Waals surface area contributed by atoms with Gasteiger partial charge in [-0.2, -0.15) is 0 Å². The third kappa shape index (κ3) is 2.42. The molecule has 3 aromatic rings. The molecule has 0 atom stereocenters. The van der Waals surface area contributed by atoms with Gasteiger partial charge >= 0.3 is 0 Å². The van der Waals surface area contributed by atoms with Gasteiger partial charge in [0.1, 0.15) is 17.6 Å². The number of hydrogen-bond donors (Lipinski definition) is 0. The van der Waals surface area contributed by atoms with Gasteiger partial charge in [-0.25, -0.2) is 15.0 Å². The molecule has 0 aliphatic carbocycles. The standard InChI is InChI=1S/C15H12ClN3O/c1-2-20-15-6-3-10(7-11(15)16)12-4-5-13-14(19-12)8-17-9-18-13/h3-9H,2H2,1H3. The monoisotopic (exact) mass is 285 g/mol. The van der Waals surface area contributed by atoms with Gasteiger partial charge in [-0.05, 0) is 37.3 Å². The summed E-state index contributed by atoms with van der Waals surface area (Å²) in [7, 11) is 0. The van der Waals surface area contributed by atoms with Crippen LogP contribution in [0.1, 0.15) is 6.92 Å². The number of fused-ring (bicyclic) bond motifs is 1. The van der Waals surface area contributed by atoms with E-state index in [1.807, 2.05) is 37.3 Å². The Morgan fingerprint density at radius 1 is 1.15 bits per heavy atom. The summed E-state index contributed by atoms with van der Waals surface area (Å²) >= 11 is 6.20. The molecule has 0 saturated carbocycles. The summed E-state index contributed by atoms with van der Waals surface area (Å²) in [6, 6.07) is 9.49. The number of benzene rings is 1. The summed E-state index contributed by atoms with van der Waals surface area (Å²) in [5.74, 6) is 0.682. The molecule has 20 heavy (non-hydrogen) atoms. The highest BCUT2D eigenvalue weighted by Crippen LogP contribution is 2.30. The Kier molecular flexibility index (Phi) is 3.48. The highest BCUT2D eigenvalue weighted by Gasteiger charge is 2.06. The number of aromatic nitrogens is 3. The Bertz CT molecular complexity index is 761. The summed E-state index contributed by atoms with van der Waals surface area (Å²) in [4.78, 5) is 12.7. The molecule has 0 fully saturated rings. The maximum atomic E-state index is 6.20. The molecule has 2 heterocycles. The van der Waals surface area contributed by atoms with E-state index >= 15 is 0 Å². The van der Waals surface area contributed by atoms with Crippen LogP contribution in [0.25, 0.3) is 22.3 Å². The lowest BCUT2D eigenvalue weighted by Gasteiger charge is -2.08. The lowest BCUT2D eigenvalue weighted by Crippen LogP contribution is -1.93. The zero-order chi connectivity index (χ0) is 13.9. The number of pyridine rings is 1. The lowest BCUT2D eigenvalue weighted by atomic mass is 10.1. The molecular formula is C15H12ClN3O. The van der Waals surface area contributed by atoms with Gasteiger partial charge in [-0.3, -0.25) is 0 Å². The van der Waals surface area contributed by atoms with Crippen LogP contribution in [0.15, 0.2) is 42.9 Å².